The molecule has 0 aliphatic rings. The second kappa shape index (κ2) is 4.44. The number of methoxy groups -OCH3 is 2. The zero-order valence-electron chi connectivity index (χ0n) is 9.91. The molecule has 0 N–H and O–H groups in total. The lowest BCUT2D eigenvalue weighted by Gasteiger charge is -2.09. The Morgan fingerprint density at radius 1 is 0.938 bits per heavy atom. The minimum Gasteiger partial charge on any atom is -0.497 e. The SMILES string of the molecule is CCc1cc(OC)cc2cc(OC)ccc12. The predicted molar refractivity (Wildman–Crippen MR) is 66.4 cm³/mol. The van der Waals surface area contributed by atoms with E-state index in [0.29, 0.717) is 0 Å². The van der Waals surface area contributed by atoms with Gasteiger partial charge < -0.3 is 9.47 Å². The van der Waals surface area contributed by atoms with Gasteiger partial charge in [-0.25, -0.2) is 0 Å². The molecule has 0 saturated heterocycles. The van der Waals surface area contributed by atoms with Gasteiger partial charge in [0.05, 0.1) is 14.2 Å². The maximum atomic E-state index is 5.30. The molecule has 0 atom stereocenters. The van der Waals surface area contributed by atoms with Gasteiger partial charge in [-0.15, -0.1) is 0 Å². The van der Waals surface area contributed by atoms with Crippen molar-refractivity contribution >= 4 is 10.8 Å². The van der Waals surface area contributed by atoms with Crippen LogP contribution in [-0.2, 0) is 6.42 Å². The first-order valence-electron chi connectivity index (χ1n) is 5.43. The first-order valence-corrected chi connectivity index (χ1v) is 5.43. The highest BCUT2D eigenvalue weighted by molar-refractivity contribution is 5.88. The summed E-state index contributed by atoms with van der Waals surface area (Å²) in [4.78, 5) is 0. The summed E-state index contributed by atoms with van der Waals surface area (Å²) < 4.78 is 10.5. The van der Waals surface area contributed by atoms with E-state index in [0.717, 1.165) is 23.3 Å². The van der Waals surface area contributed by atoms with E-state index in [1.54, 1.807) is 14.2 Å². The van der Waals surface area contributed by atoms with Crippen LogP contribution in [0, 0.1) is 0 Å². The molecule has 2 aromatic rings. The van der Waals surface area contributed by atoms with Crippen molar-refractivity contribution in [1.29, 1.82) is 0 Å². The maximum Gasteiger partial charge on any atom is 0.119 e. The normalized spacial score (nSPS) is 10.4. The minimum absolute atomic E-state index is 0.878. The number of benzene rings is 2. The fraction of sp³-hybridized carbons (Fsp3) is 0.286. The van der Waals surface area contributed by atoms with Crippen molar-refractivity contribution in [3.05, 3.63) is 35.9 Å². The van der Waals surface area contributed by atoms with Gasteiger partial charge in [0, 0.05) is 0 Å². The van der Waals surface area contributed by atoms with Crippen LogP contribution in [0.3, 0.4) is 0 Å². The van der Waals surface area contributed by atoms with E-state index in [9.17, 15) is 0 Å². The molecule has 0 aliphatic heterocycles. The van der Waals surface area contributed by atoms with Gasteiger partial charge in [0.15, 0.2) is 0 Å². The predicted octanol–water partition coefficient (Wildman–Crippen LogP) is 3.42. The average molecular weight is 216 g/mol. The van der Waals surface area contributed by atoms with Crippen LogP contribution in [0.1, 0.15) is 12.5 Å². The van der Waals surface area contributed by atoms with Crippen LogP contribution in [0.5, 0.6) is 11.5 Å². The molecule has 84 valence electrons. The largest absolute Gasteiger partial charge is 0.497 e. The molecule has 0 radical (unpaired) electrons. The van der Waals surface area contributed by atoms with Gasteiger partial charge in [-0.3, -0.25) is 0 Å². The third-order valence-corrected chi connectivity index (χ3v) is 2.84. The topological polar surface area (TPSA) is 18.5 Å². The highest BCUT2D eigenvalue weighted by Crippen LogP contribution is 2.28. The Morgan fingerprint density at radius 3 is 2.25 bits per heavy atom. The van der Waals surface area contributed by atoms with Gasteiger partial charge >= 0.3 is 0 Å². The molecule has 0 aliphatic carbocycles. The Hall–Kier alpha value is -1.70. The molecule has 0 spiro atoms. The summed E-state index contributed by atoms with van der Waals surface area (Å²) in [6, 6.07) is 10.3. The number of hydrogen-bond donors (Lipinski definition) is 0. The van der Waals surface area contributed by atoms with Crippen LogP contribution in [0.15, 0.2) is 30.3 Å². The molecule has 0 aromatic heterocycles. The first kappa shape index (κ1) is 10.8. The van der Waals surface area contributed by atoms with Crippen LogP contribution in [0.4, 0.5) is 0 Å². The fourth-order valence-corrected chi connectivity index (χ4v) is 1.93. The number of hydrogen-bond acceptors (Lipinski definition) is 2. The van der Waals surface area contributed by atoms with Crippen LogP contribution in [0.25, 0.3) is 10.8 Å². The zero-order valence-corrected chi connectivity index (χ0v) is 9.91. The van der Waals surface area contributed by atoms with Crippen molar-refractivity contribution in [2.24, 2.45) is 0 Å². The summed E-state index contributed by atoms with van der Waals surface area (Å²) >= 11 is 0. The van der Waals surface area contributed by atoms with Crippen molar-refractivity contribution in [2.45, 2.75) is 13.3 Å². The standard InChI is InChI=1S/C14H16O2/c1-4-10-7-13(16-3)9-11-8-12(15-2)5-6-14(10)11/h5-9H,4H2,1-3H3. The summed E-state index contributed by atoms with van der Waals surface area (Å²) in [7, 11) is 3.38. The molecule has 2 heteroatoms. The molecule has 0 saturated carbocycles. The molecule has 0 bridgehead atoms. The van der Waals surface area contributed by atoms with Crippen LogP contribution >= 0.6 is 0 Å². The van der Waals surface area contributed by atoms with Crippen molar-refractivity contribution < 1.29 is 9.47 Å². The lowest BCUT2D eigenvalue weighted by Crippen LogP contribution is -1.90. The zero-order chi connectivity index (χ0) is 11.5. The van der Waals surface area contributed by atoms with E-state index in [2.05, 4.69) is 19.1 Å². The van der Waals surface area contributed by atoms with Crippen LogP contribution in [-0.4, -0.2) is 14.2 Å². The molecule has 2 nitrogen and oxygen atoms in total. The molecular formula is C14H16O2. The molecular weight excluding hydrogens is 200 g/mol. The quantitative estimate of drug-likeness (QED) is 0.782. The van der Waals surface area contributed by atoms with Crippen molar-refractivity contribution in [2.75, 3.05) is 14.2 Å². The van der Waals surface area contributed by atoms with Gasteiger partial charge in [-0.1, -0.05) is 13.0 Å². The molecule has 2 rings (SSSR count). The summed E-state index contributed by atoms with van der Waals surface area (Å²) in [5.74, 6) is 1.78. The van der Waals surface area contributed by atoms with Crippen LogP contribution in [0.2, 0.25) is 0 Å². The molecule has 0 heterocycles. The summed E-state index contributed by atoms with van der Waals surface area (Å²) in [6.07, 6.45) is 1.00. The first-order chi connectivity index (χ1) is 7.78. The number of fused-ring (bicyclic) bond motifs is 1. The van der Waals surface area contributed by atoms with Crippen molar-refractivity contribution in [3.63, 3.8) is 0 Å². The average Bonchev–Trinajstić information content (AvgIpc) is 2.36. The second-order valence-electron chi connectivity index (χ2n) is 3.73. The van der Waals surface area contributed by atoms with E-state index in [4.69, 9.17) is 9.47 Å². The Bertz CT molecular complexity index is 498. The van der Waals surface area contributed by atoms with E-state index >= 15 is 0 Å². The van der Waals surface area contributed by atoms with Gasteiger partial charge in [0.2, 0.25) is 0 Å². The maximum absolute atomic E-state index is 5.30. The van der Waals surface area contributed by atoms with Gasteiger partial charge in [0.25, 0.3) is 0 Å². The van der Waals surface area contributed by atoms with E-state index < -0.39 is 0 Å². The number of ether oxygens (including phenoxy) is 2. The van der Waals surface area contributed by atoms with Crippen molar-refractivity contribution in [1.82, 2.24) is 0 Å². The second-order valence-corrected chi connectivity index (χ2v) is 3.73. The summed E-state index contributed by atoms with van der Waals surface area (Å²) in [6.45, 7) is 2.15. The molecule has 0 amide bonds. The van der Waals surface area contributed by atoms with Gasteiger partial charge in [0.1, 0.15) is 11.5 Å². The molecule has 2 aromatic carbocycles. The van der Waals surface area contributed by atoms with E-state index in [1.165, 1.54) is 10.9 Å². The third-order valence-electron chi connectivity index (χ3n) is 2.84. The smallest absolute Gasteiger partial charge is 0.119 e. The Morgan fingerprint density at radius 2 is 1.62 bits per heavy atom. The Balaban J connectivity index is 2.68. The van der Waals surface area contributed by atoms with Gasteiger partial charge in [-0.05, 0) is 47.0 Å². The molecule has 0 fully saturated rings. The fourth-order valence-electron chi connectivity index (χ4n) is 1.93. The Labute approximate surface area is 95.8 Å². The Kier molecular flexibility index (Phi) is 3.00. The molecule has 0 unspecified atom stereocenters. The minimum atomic E-state index is 0.878. The van der Waals surface area contributed by atoms with Gasteiger partial charge in [-0.2, -0.15) is 0 Å². The highest BCUT2D eigenvalue weighted by atomic mass is 16.5. The van der Waals surface area contributed by atoms with E-state index in [-0.39, 0.29) is 0 Å². The highest BCUT2D eigenvalue weighted by Gasteiger charge is 2.04. The van der Waals surface area contributed by atoms with Crippen LogP contribution < -0.4 is 9.47 Å². The molecule has 16 heavy (non-hydrogen) atoms. The summed E-state index contributed by atoms with van der Waals surface area (Å²) in [5, 5.41) is 2.43. The van der Waals surface area contributed by atoms with E-state index in [1.807, 2.05) is 18.2 Å². The summed E-state index contributed by atoms with van der Waals surface area (Å²) in [5.41, 5.74) is 1.30. The number of aryl methyl sites for hydroxylation is 1. The monoisotopic (exact) mass is 216 g/mol. The van der Waals surface area contributed by atoms with Crippen molar-refractivity contribution in [3.8, 4) is 11.5 Å². The third kappa shape index (κ3) is 1.83. The number of rotatable bonds is 3. The lowest BCUT2D eigenvalue weighted by atomic mass is 10.0. The lowest BCUT2D eigenvalue weighted by molar-refractivity contribution is 0.413.